The number of aromatic nitrogens is 2. The molecule has 0 bridgehead atoms. The Morgan fingerprint density at radius 1 is 1.91 bits per heavy atom. The number of carbonyl (C=O) groups is 1. The van der Waals surface area contributed by atoms with Crippen LogP contribution in [0.2, 0.25) is 0 Å². The van der Waals surface area contributed by atoms with Crippen molar-refractivity contribution in [1.82, 2.24) is 9.97 Å². The van der Waals surface area contributed by atoms with Crippen molar-refractivity contribution in [3.05, 3.63) is 18.2 Å². The Balaban J connectivity index is 2.62. The Labute approximate surface area is 64.6 Å². The number of hydrogen-bond acceptors (Lipinski definition) is 3. The molecule has 1 heterocycles. The van der Waals surface area contributed by atoms with Gasteiger partial charge in [-0.2, -0.15) is 0 Å². The number of methoxy groups -OCH3 is 1. The summed E-state index contributed by atoms with van der Waals surface area (Å²) in [6.07, 6.45) is 4.25. The molecule has 0 saturated heterocycles. The molecule has 0 aliphatic rings. The van der Waals surface area contributed by atoms with Crippen LogP contribution in [0, 0.1) is 0 Å². The number of carbonyl (C=O) groups excluding carboxylic acids is 1. The molecule has 1 N–H and O–H groups in total. The molecule has 0 saturated carbocycles. The molecule has 4 nitrogen and oxygen atoms in total. The number of rotatable bonds is 4. The highest BCUT2D eigenvalue weighted by Crippen LogP contribution is 2.13. The highest BCUT2D eigenvalue weighted by atomic mass is 16.5. The molecule has 1 aromatic rings. The molecule has 0 fully saturated rings. The summed E-state index contributed by atoms with van der Waals surface area (Å²) in [4.78, 5) is 17.0. The van der Waals surface area contributed by atoms with E-state index in [1.54, 1.807) is 19.5 Å². The van der Waals surface area contributed by atoms with Gasteiger partial charge in [0.1, 0.15) is 18.2 Å². The molecule has 11 heavy (non-hydrogen) atoms. The SMILES string of the molecule is COC(CC=O)c1ncc[nH]1. The van der Waals surface area contributed by atoms with Crippen LogP contribution in [0.5, 0.6) is 0 Å². The van der Waals surface area contributed by atoms with Gasteiger partial charge in [-0.1, -0.05) is 0 Å². The van der Waals surface area contributed by atoms with E-state index in [4.69, 9.17) is 4.74 Å². The van der Waals surface area contributed by atoms with Crippen LogP contribution in [0.3, 0.4) is 0 Å². The molecule has 4 heteroatoms. The highest BCUT2D eigenvalue weighted by Gasteiger charge is 2.10. The summed E-state index contributed by atoms with van der Waals surface area (Å²) < 4.78 is 5.01. The molecule has 1 unspecified atom stereocenters. The van der Waals surface area contributed by atoms with Gasteiger partial charge in [0.2, 0.25) is 0 Å². The molecule has 1 rings (SSSR count). The molecule has 0 amide bonds. The number of nitrogens with one attached hydrogen (secondary N) is 1. The predicted molar refractivity (Wildman–Crippen MR) is 39.0 cm³/mol. The van der Waals surface area contributed by atoms with E-state index in [1.807, 2.05) is 0 Å². The van der Waals surface area contributed by atoms with E-state index in [-0.39, 0.29) is 6.10 Å². The summed E-state index contributed by atoms with van der Waals surface area (Å²) >= 11 is 0. The minimum atomic E-state index is -0.234. The lowest BCUT2D eigenvalue weighted by Crippen LogP contribution is -2.03. The predicted octanol–water partition coefficient (Wildman–Crippen LogP) is 0.686. The number of nitrogens with zero attached hydrogens (tertiary/aromatic N) is 1. The van der Waals surface area contributed by atoms with Crippen molar-refractivity contribution in [3.8, 4) is 0 Å². The molecule has 0 radical (unpaired) electrons. The third kappa shape index (κ3) is 1.88. The average Bonchev–Trinajstić information content (AvgIpc) is 2.52. The third-order valence-corrected chi connectivity index (χ3v) is 1.42. The van der Waals surface area contributed by atoms with Gasteiger partial charge < -0.3 is 14.5 Å². The van der Waals surface area contributed by atoms with Crippen molar-refractivity contribution >= 4 is 6.29 Å². The van der Waals surface area contributed by atoms with Gasteiger partial charge in [-0.25, -0.2) is 4.98 Å². The molecule has 0 aliphatic heterocycles. The molecule has 0 aliphatic carbocycles. The highest BCUT2D eigenvalue weighted by molar-refractivity contribution is 5.50. The lowest BCUT2D eigenvalue weighted by molar-refractivity contribution is -0.110. The molecule has 1 aromatic heterocycles. The first kappa shape index (κ1) is 7.94. The van der Waals surface area contributed by atoms with Gasteiger partial charge in [-0.3, -0.25) is 0 Å². The van der Waals surface area contributed by atoms with Crippen LogP contribution in [0.15, 0.2) is 12.4 Å². The fraction of sp³-hybridized carbons (Fsp3) is 0.429. The van der Waals surface area contributed by atoms with Crippen molar-refractivity contribution in [2.24, 2.45) is 0 Å². The molecule has 60 valence electrons. The van der Waals surface area contributed by atoms with Gasteiger partial charge in [0, 0.05) is 25.9 Å². The maximum absolute atomic E-state index is 10.1. The molecular formula is C7H10N2O2. The standard InChI is InChI=1S/C7H10N2O2/c1-11-6(2-5-10)7-8-3-4-9-7/h3-6H,2H2,1H3,(H,8,9). The van der Waals surface area contributed by atoms with Crippen LogP contribution in [-0.2, 0) is 9.53 Å². The monoisotopic (exact) mass is 154 g/mol. The number of imidazole rings is 1. The molecule has 1 atom stereocenters. The third-order valence-electron chi connectivity index (χ3n) is 1.42. The Morgan fingerprint density at radius 3 is 3.18 bits per heavy atom. The Bertz CT molecular complexity index is 208. The first-order valence-corrected chi connectivity index (χ1v) is 3.34. The topological polar surface area (TPSA) is 55.0 Å². The van der Waals surface area contributed by atoms with E-state index in [2.05, 4.69) is 9.97 Å². The van der Waals surface area contributed by atoms with E-state index in [0.29, 0.717) is 12.2 Å². The van der Waals surface area contributed by atoms with Crippen LogP contribution in [0.4, 0.5) is 0 Å². The number of aromatic amines is 1. The summed E-state index contributed by atoms with van der Waals surface area (Å²) in [5.74, 6) is 0.694. The Hall–Kier alpha value is -1.16. The van der Waals surface area contributed by atoms with E-state index in [0.717, 1.165) is 6.29 Å². The Morgan fingerprint density at radius 2 is 2.73 bits per heavy atom. The molecule has 0 spiro atoms. The van der Waals surface area contributed by atoms with Crippen LogP contribution >= 0.6 is 0 Å². The van der Waals surface area contributed by atoms with Crippen molar-refractivity contribution in [3.63, 3.8) is 0 Å². The second-order valence-electron chi connectivity index (χ2n) is 2.10. The maximum atomic E-state index is 10.1. The van der Waals surface area contributed by atoms with Crippen molar-refractivity contribution in [2.45, 2.75) is 12.5 Å². The summed E-state index contributed by atoms with van der Waals surface area (Å²) in [5.41, 5.74) is 0. The zero-order valence-corrected chi connectivity index (χ0v) is 6.28. The van der Waals surface area contributed by atoms with Crippen molar-refractivity contribution in [1.29, 1.82) is 0 Å². The number of aldehydes is 1. The minimum absolute atomic E-state index is 0.234. The number of ether oxygens (including phenoxy) is 1. The van der Waals surface area contributed by atoms with Gasteiger partial charge in [-0.05, 0) is 0 Å². The second kappa shape index (κ2) is 3.88. The van der Waals surface area contributed by atoms with Gasteiger partial charge >= 0.3 is 0 Å². The van der Waals surface area contributed by atoms with Gasteiger partial charge in [0.15, 0.2) is 0 Å². The van der Waals surface area contributed by atoms with E-state index in [9.17, 15) is 4.79 Å². The van der Waals surface area contributed by atoms with E-state index in [1.165, 1.54) is 0 Å². The first-order chi connectivity index (χ1) is 5.38. The fourth-order valence-electron chi connectivity index (χ4n) is 0.860. The first-order valence-electron chi connectivity index (χ1n) is 3.34. The molecule has 0 aromatic carbocycles. The molecular weight excluding hydrogens is 144 g/mol. The number of hydrogen-bond donors (Lipinski definition) is 1. The van der Waals surface area contributed by atoms with Crippen LogP contribution in [0.1, 0.15) is 18.3 Å². The zero-order valence-electron chi connectivity index (χ0n) is 6.28. The summed E-state index contributed by atoms with van der Waals surface area (Å²) in [6, 6.07) is 0. The van der Waals surface area contributed by atoms with Crippen LogP contribution in [0.25, 0.3) is 0 Å². The van der Waals surface area contributed by atoms with Gasteiger partial charge in [-0.15, -0.1) is 0 Å². The second-order valence-corrected chi connectivity index (χ2v) is 2.10. The average molecular weight is 154 g/mol. The van der Waals surface area contributed by atoms with Crippen molar-refractivity contribution < 1.29 is 9.53 Å². The van der Waals surface area contributed by atoms with E-state index < -0.39 is 0 Å². The fourth-order valence-corrected chi connectivity index (χ4v) is 0.860. The van der Waals surface area contributed by atoms with Crippen LogP contribution in [-0.4, -0.2) is 23.4 Å². The quantitative estimate of drug-likeness (QED) is 0.649. The lowest BCUT2D eigenvalue weighted by Gasteiger charge is -2.07. The van der Waals surface area contributed by atoms with Crippen molar-refractivity contribution in [2.75, 3.05) is 7.11 Å². The van der Waals surface area contributed by atoms with E-state index >= 15 is 0 Å². The minimum Gasteiger partial charge on any atom is -0.373 e. The smallest absolute Gasteiger partial charge is 0.135 e. The normalized spacial score (nSPS) is 12.8. The van der Waals surface area contributed by atoms with Crippen LogP contribution < -0.4 is 0 Å². The lowest BCUT2D eigenvalue weighted by atomic mass is 10.2. The number of H-pyrrole nitrogens is 1. The van der Waals surface area contributed by atoms with Gasteiger partial charge in [0.25, 0.3) is 0 Å². The van der Waals surface area contributed by atoms with Gasteiger partial charge in [0.05, 0.1) is 0 Å². The maximum Gasteiger partial charge on any atom is 0.135 e. The zero-order chi connectivity index (χ0) is 8.10. The largest absolute Gasteiger partial charge is 0.373 e. The summed E-state index contributed by atoms with van der Waals surface area (Å²) in [5, 5.41) is 0. The Kier molecular flexibility index (Phi) is 2.80. The summed E-state index contributed by atoms with van der Waals surface area (Å²) in [7, 11) is 1.55. The summed E-state index contributed by atoms with van der Waals surface area (Å²) in [6.45, 7) is 0.